The van der Waals surface area contributed by atoms with E-state index in [0.717, 1.165) is 26.2 Å². The SMILES string of the molecule is CCNCc1ccc2c(c1)CCNC2. The number of fused-ring (bicyclic) bond motifs is 1. The minimum Gasteiger partial charge on any atom is -0.313 e. The predicted molar refractivity (Wildman–Crippen MR) is 59.2 cm³/mol. The summed E-state index contributed by atoms with van der Waals surface area (Å²) in [6.45, 7) is 6.34. The van der Waals surface area contributed by atoms with Gasteiger partial charge in [0.05, 0.1) is 0 Å². The lowest BCUT2D eigenvalue weighted by atomic mass is 9.98. The fraction of sp³-hybridized carbons (Fsp3) is 0.500. The van der Waals surface area contributed by atoms with Gasteiger partial charge in [-0.3, -0.25) is 0 Å². The summed E-state index contributed by atoms with van der Waals surface area (Å²) in [7, 11) is 0. The molecule has 0 radical (unpaired) electrons. The summed E-state index contributed by atoms with van der Waals surface area (Å²) in [5.41, 5.74) is 4.41. The van der Waals surface area contributed by atoms with Gasteiger partial charge < -0.3 is 10.6 Å². The minimum absolute atomic E-state index is 0.997. The Labute approximate surface area is 85.7 Å². The molecule has 1 aliphatic heterocycles. The first kappa shape index (κ1) is 9.69. The average Bonchev–Trinajstić information content (AvgIpc) is 2.26. The molecule has 0 spiro atoms. The molecule has 0 atom stereocenters. The molecule has 2 heteroatoms. The van der Waals surface area contributed by atoms with Crippen LogP contribution >= 0.6 is 0 Å². The van der Waals surface area contributed by atoms with Gasteiger partial charge in [-0.25, -0.2) is 0 Å². The van der Waals surface area contributed by atoms with Crippen LogP contribution in [0.2, 0.25) is 0 Å². The van der Waals surface area contributed by atoms with Crippen molar-refractivity contribution in [3.63, 3.8) is 0 Å². The first-order valence-electron chi connectivity index (χ1n) is 5.42. The second-order valence-electron chi connectivity index (χ2n) is 3.81. The summed E-state index contributed by atoms with van der Waals surface area (Å²) in [5, 5.41) is 6.74. The third-order valence-corrected chi connectivity index (χ3v) is 2.74. The number of benzene rings is 1. The van der Waals surface area contributed by atoms with E-state index >= 15 is 0 Å². The fourth-order valence-electron chi connectivity index (χ4n) is 1.91. The van der Waals surface area contributed by atoms with Crippen LogP contribution in [0.5, 0.6) is 0 Å². The predicted octanol–water partition coefficient (Wildman–Crippen LogP) is 1.44. The maximum absolute atomic E-state index is 3.39. The highest BCUT2D eigenvalue weighted by Crippen LogP contribution is 2.15. The lowest BCUT2D eigenvalue weighted by Crippen LogP contribution is -2.23. The number of hydrogen-bond acceptors (Lipinski definition) is 2. The normalized spacial score (nSPS) is 15.2. The van der Waals surface area contributed by atoms with Crippen molar-refractivity contribution in [2.45, 2.75) is 26.4 Å². The summed E-state index contributed by atoms with van der Waals surface area (Å²) in [6, 6.07) is 6.83. The Morgan fingerprint density at radius 1 is 1.36 bits per heavy atom. The molecule has 14 heavy (non-hydrogen) atoms. The summed E-state index contributed by atoms with van der Waals surface area (Å²) in [5.74, 6) is 0. The van der Waals surface area contributed by atoms with Gasteiger partial charge in [-0.05, 0) is 36.2 Å². The largest absolute Gasteiger partial charge is 0.313 e. The van der Waals surface area contributed by atoms with Crippen molar-refractivity contribution < 1.29 is 0 Å². The molecule has 1 aromatic carbocycles. The van der Waals surface area contributed by atoms with Gasteiger partial charge in [-0.15, -0.1) is 0 Å². The topological polar surface area (TPSA) is 24.1 Å². The zero-order valence-corrected chi connectivity index (χ0v) is 8.77. The highest BCUT2D eigenvalue weighted by atomic mass is 14.9. The highest BCUT2D eigenvalue weighted by Gasteiger charge is 2.08. The minimum atomic E-state index is 0.997. The third-order valence-electron chi connectivity index (χ3n) is 2.74. The summed E-state index contributed by atoms with van der Waals surface area (Å²) < 4.78 is 0. The second-order valence-corrected chi connectivity index (χ2v) is 3.81. The molecule has 0 aliphatic carbocycles. The molecule has 2 rings (SSSR count). The maximum atomic E-state index is 3.39. The molecule has 1 heterocycles. The second kappa shape index (κ2) is 4.58. The van der Waals surface area contributed by atoms with E-state index in [4.69, 9.17) is 0 Å². The van der Waals surface area contributed by atoms with Crippen LogP contribution in [0.1, 0.15) is 23.6 Å². The van der Waals surface area contributed by atoms with E-state index in [0.29, 0.717) is 0 Å². The van der Waals surface area contributed by atoms with Gasteiger partial charge in [0, 0.05) is 13.1 Å². The van der Waals surface area contributed by atoms with Gasteiger partial charge in [0.15, 0.2) is 0 Å². The van der Waals surface area contributed by atoms with Crippen molar-refractivity contribution in [1.29, 1.82) is 0 Å². The van der Waals surface area contributed by atoms with Crippen LogP contribution in [-0.4, -0.2) is 13.1 Å². The Balaban J connectivity index is 2.12. The van der Waals surface area contributed by atoms with Gasteiger partial charge in [-0.2, -0.15) is 0 Å². The molecule has 0 amide bonds. The highest BCUT2D eigenvalue weighted by molar-refractivity contribution is 5.33. The molecule has 76 valence electrons. The third kappa shape index (κ3) is 2.14. The molecule has 1 aromatic rings. The Morgan fingerprint density at radius 3 is 3.14 bits per heavy atom. The van der Waals surface area contributed by atoms with Gasteiger partial charge in [-0.1, -0.05) is 25.1 Å². The fourth-order valence-corrected chi connectivity index (χ4v) is 1.91. The Bertz CT molecular complexity index is 307. The molecule has 0 bridgehead atoms. The van der Waals surface area contributed by atoms with E-state index in [1.807, 2.05) is 0 Å². The standard InChI is InChI=1S/C12H18N2/c1-2-13-8-10-3-4-12-9-14-6-5-11(12)7-10/h3-4,7,13-14H,2,5-6,8-9H2,1H3. The molecule has 2 N–H and O–H groups in total. The molecule has 0 aromatic heterocycles. The average molecular weight is 190 g/mol. The first-order valence-corrected chi connectivity index (χ1v) is 5.42. The smallest absolute Gasteiger partial charge is 0.0208 e. The van der Waals surface area contributed by atoms with Crippen LogP contribution in [0.4, 0.5) is 0 Å². The first-order chi connectivity index (χ1) is 6.90. The lowest BCUT2D eigenvalue weighted by Gasteiger charge is -2.17. The van der Waals surface area contributed by atoms with Crippen molar-refractivity contribution in [2.75, 3.05) is 13.1 Å². The number of hydrogen-bond donors (Lipinski definition) is 2. The van der Waals surface area contributed by atoms with Crippen LogP contribution in [0, 0.1) is 0 Å². The molecule has 0 fully saturated rings. The summed E-state index contributed by atoms with van der Waals surface area (Å²) in [6.07, 6.45) is 1.18. The van der Waals surface area contributed by atoms with Crippen molar-refractivity contribution in [2.24, 2.45) is 0 Å². The van der Waals surface area contributed by atoms with Gasteiger partial charge >= 0.3 is 0 Å². The van der Waals surface area contributed by atoms with Crippen LogP contribution in [0.3, 0.4) is 0 Å². The molecular formula is C12H18N2. The van der Waals surface area contributed by atoms with Gasteiger partial charge in [0.25, 0.3) is 0 Å². The van der Waals surface area contributed by atoms with E-state index in [2.05, 4.69) is 35.8 Å². The molecule has 0 saturated carbocycles. The molecular weight excluding hydrogens is 172 g/mol. The van der Waals surface area contributed by atoms with Crippen LogP contribution < -0.4 is 10.6 Å². The van der Waals surface area contributed by atoms with Crippen LogP contribution in [-0.2, 0) is 19.5 Å². The zero-order chi connectivity index (χ0) is 9.80. The zero-order valence-electron chi connectivity index (χ0n) is 8.77. The van der Waals surface area contributed by atoms with Crippen LogP contribution in [0.25, 0.3) is 0 Å². The Kier molecular flexibility index (Phi) is 3.17. The van der Waals surface area contributed by atoms with Crippen molar-refractivity contribution in [3.05, 3.63) is 34.9 Å². The van der Waals surface area contributed by atoms with Gasteiger partial charge in [0.2, 0.25) is 0 Å². The van der Waals surface area contributed by atoms with E-state index in [9.17, 15) is 0 Å². The lowest BCUT2D eigenvalue weighted by molar-refractivity contribution is 0.641. The molecule has 0 saturated heterocycles. The van der Waals surface area contributed by atoms with Gasteiger partial charge in [0.1, 0.15) is 0 Å². The summed E-state index contributed by atoms with van der Waals surface area (Å²) >= 11 is 0. The Morgan fingerprint density at radius 2 is 2.29 bits per heavy atom. The van der Waals surface area contributed by atoms with Crippen molar-refractivity contribution >= 4 is 0 Å². The molecule has 2 nitrogen and oxygen atoms in total. The quantitative estimate of drug-likeness (QED) is 0.753. The van der Waals surface area contributed by atoms with E-state index in [1.54, 1.807) is 0 Å². The Hall–Kier alpha value is -0.860. The van der Waals surface area contributed by atoms with E-state index < -0.39 is 0 Å². The van der Waals surface area contributed by atoms with Crippen molar-refractivity contribution in [3.8, 4) is 0 Å². The van der Waals surface area contributed by atoms with E-state index in [1.165, 1.54) is 23.1 Å². The van der Waals surface area contributed by atoms with E-state index in [-0.39, 0.29) is 0 Å². The molecule has 1 aliphatic rings. The van der Waals surface area contributed by atoms with Crippen molar-refractivity contribution in [1.82, 2.24) is 10.6 Å². The molecule has 0 unspecified atom stereocenters. The maximum Gasteiger partial charge on any atom is 0.0208 e. The monoisotopic (exact) mass is 190 g/mol. The summed E-state index contributed by atoms with van der Waals surface area (Å²) in [4.78, 5) is 0. The van der Waals surface area contributed by atoms with Crippen LogP contribution in [0.15, 0.2) is 18.2 Å². The number of rotatable bonds is 3. The number of nitrogens with one attached hydrogen (secondary N) is 2.